The molecule has 0 saturated carbocycles. The predicted octanol–water partition coefficient (Wildman–Crippen LogP) is 15.2. The minimum absolute atomic E-state index is 0.275. The number of hydrogen-bond acceptors (Lipinski definition) is 0. The van der Waals surface area contributed by atoms with Crippen LogP contribution >= 0.6 is 0 Å². The van der Waals surface area contributed by atoms with Gasteiger partial charge in [-0.15, -0.1) is 0 Å². The Bertz CT molecular complexity index is 3050. The van der Waals surface area contributed by atoms with Crippen LogP contribution in [0.2, 0.25) is 13.1 Å². The Morgan fingerprint density at radius 3 is 1.76 bits per heavy atom. The topological polar surface area (TPSA) is 0 Å². The van der Waals surface area contributed by atoms with Crippen LogP contribution in [0, 0.1) is 0 Å². The Balaban J connectivity index is 1.11. The van der Waals surface area contributed by atoms with Gasteiger partial charge in [0, 0.05) is 5.92 Å². The summed E-state index contributed by atoms with van der Waals surface area (Å²) in [4.78, 5) is 0. The average molecular weight is 771 g/mol. The fourth-order valence-corrected chi connectivity index (χ4v) is 13.7. The first-order valence-corrected chi connectivity index (χ1v) is 24.2. The van der Waals surface area contributed by atoms with Gasteiger partial charge in [0.25, 0.3) is 0 Å². The molecule has 0 aromatic heterocycles. The first-order valence-electron chi connectivity index (χ1n) is 21.2. The molecule has 282 valence electrons. The minimum atomic E-state index is -2.07. The SMILES string of the molecule is C[Si]1(C)C2=C(CCC(c3ccccc3-c3ccccc3)=C2)c2cc3c(-c4ccc(-c5ccccc5)cc4)c4ccccc4c(C4C=CC(c5ccccc5)=CC4)c3cc21. The minimum Gasteiger partial charge on any atom is -0.0760 e. The summed E-state index contributed by atoms with van der Waals surface area (Å²) >= 11 is 0. The first-order chi connectivity index (χ1) is 29.0. The van der Waals surface area contributed by atoms with E-state index in [1.54, 1.807) is 16.0 Å². The second kappa shape index (κ2) is 14.4. The van der Waals surface area contributed by atoms with Gasteiger partial charge in [-0.05, 0) is 124 Å². The Hall–Kier alpha value is -6.54. The van der Waals surface area contributed by atoms with E-state index in [1.807, 2.05) is 0 Å². The maximum absolute atomic E-state index is 2.68. The van der Waals surface area contributed by atoms with Crippen LogP contribution in [0.1, 0.15) is 47.4 Å². The van der Waals surface area contributed by atoms with Gasteiger partial charge in [0.1, 0.15) is 8.07 Å². The van der Waals surface area contributed by atoms with Crippen molar-refractivity contribution in [3.63, 3.8) is 0 Å². The number of allylic oxidation sites excluding steroid dienone is 8. The zero-order chi connectivity index (χ0) is 39.5. The number of hydrogen-bond donors (Lipinski definition) is 0. The molecule has 0 fully saturated rings. The molecule has 1 aliphatic heterocycles. The first kappa shape index (κ1) is 35.6. The molecular weight excluding hydrogens is 725 g/mol. The van der Waals surface area contributed by atoms with E-state index in [0.29, 0.717) is 0 Å². The molecule has 11 rings (SSSR count). The van der Waals surface area contributed by atoms with Crippen molar-refractivity contribution in [1.82, 2.24) is 0 Å². The lowest BCUT2D eigenvalue weighted by molar-refractivity contribution is 0.873. The largest absolute Gasteiger partial charge is 0.113 e. The molecule has 0 spiro atoms. The van der Waals surface area contributed by atoms with Crippen molar-refractivity contribution in [3.8, 4) is 33.4 Å². The normalized spacial score (nSPS) is 16.8. The van der Waals surface area contributed by atoms with Crippen molar-refractivity contribution >= 4 is 51.5 Å². The molecule has 0 nitrogen and oxygen atoms in total. The molecule has 8 aromatic carbocycles. The summed E-state index contributed by atoms with van der Waals surface area (Å²) in [5.41, 5.74) is 17.7. The average Bonchev–Trinajstić information content (AvgIpc) is 3.52. The van der Waals surface area contributed by atoms with E-state index in [0.717, 1.165) is 19.3 Å². The highest BCUT2D eigenvalue weighted by Gasteiger charge is 2.41. The zero-order valence-corrected chi connectivity index (χ0v) is 34.8. The number of benzene rings is 8. The summed E-state index contributed by atoms with van der Waals surface area (Å²) in [6.07, 6.45) is 13.0. The summed E-state index contributed by atoms with van der Waals surface area (Å²) in [5.74, 6) is 0.275. The summed E-state index contributed by atoms with van der Waals surface area (Å²) in [6.45, 7) is 5.20. The highest BCUT2D eigenvalue weighted by atomic mass is 28.3. The van der Waals surface area contributed by atoms with E-state index in [1.165, 1.54) is 88.3 Å². The summed E-state index contributed by atoms with van der Waals surface area (Å²) in [5, 5.41) is 8.68. The maximum Gasteiger partial charge on any atom is 0.113 e. The lowest BCUT2D eigenvalue weighted by Crippen LogP contribution is -2.41. The van der Waals surface area contributed by atoms with E-state index in [2.05, 4.69) is 213 Å². The Morgan fingerprint density at radius 1 is 0.475 bits per heavy atom. The highest BCUT2D eigenvalue weighted by Crippen LogP contribution is 2.50. The van der Waals surface area contributed by atoms with E-state index in [-0.39, 0.29) is 5.92 Å². The second-order valence-electron chi connectivity index (χ2n) is 17.0. The van der Waals surface area contributed by atoms with Gasteiger partial charge in [0.15, 0.2) is 0 Å². The number of rotatable bonds is 6. The molecule has 2 aliphatic carbocycles. The Morgan fingerprint density at radius 2 is 1.07 bits per heavy atom. The molecule has 59 heavy (non-hydrogen) atoms. The van der Waals surface area contributed by atoms with Gasteiger partial charge in [0.05, 0.1) is 0 Å². The predicted molar refractivity (Wildman–Crippen MR) is 256 cm³/mol. The van der Waals surface area contributed by atoms with E-state index in [9.17, 15) is 0 Å². The fourth-order valence-electron chi connectivity index (χ4n) is 10.4. The van der Waals surface area contributed by atoms with Crippen molar-refractivity contribution < 1.29 is 0 Å². The summed E-state index contributed by atoms with van der Waals surface area (Å²) in [6, 6.07) is 65.4. The smallest absolute Gasteiger partial charge is 0.0760 e. The quantitative estimate of drug-likeness (QED) is 0.117. The van der Waals surface area contributed by atoms with Crippen LogP contribution in [0.4, 0.5) is 0 Å². The lowest BCUT2D eigenvalue weighted by Gasteiger charge is -2.26. The second-order valence-corrected chi connectivity index (χ2v) is 21.4. The van der Waals surface area contributed by atoms with Gasteiger partial charge in [0.2, 0.25) is 0 Å². The molecule has 0 bridgehead atoms. The van der Waals surface area contributed by atoms with Crippen LogP contribution in [-0.4, -0.2) is 8.07 Å². The Kier molecular flexibility index (Phi) is 8.68. The van der Waals surface area contributed by atoms with Crippen LogP contribution in [0.15, 0.2) is 205 Å². The van der Waals surface area contributed by atoms with Crippen LogP contribution in [0.3, 0.4) is 0 Å². The molecule has 0 amide bonds. The van der Waals surface area contributed by atoms with Crippen LogP contribution < -0.4 is 5.19 Å². The zero-order valence-electron chi connectivity index (χ0n) is 33.8. The van der Waals surface area contributed by atoms with Crippen molar-refractivity contribution in [2.45, 2.75) is 38.3 Å². The molecule has 1 heterocycles. The molecule has 0 N–H and O–H groups in total. The van der Waals surface area contributed by atoms with Crippen LogP contribution in [0.5, 0.6) is 0 Å². The molecule has 3 aliphatic rings. The molecular formula is C58H46Si. The number of fused-ring (bicyclic) bond motifs is 4. The fraction of sp³-hybridized carbons (Fsp3) is 0.103. The molecule has 1 atom stereocenters. The van der Waals surface area contributed by atoms with Gasteiger partial charge in [-0.3, -0.25) is 0 Å². The third kappa shape index (κ3) is 6.03. The molecule has 1 heteroatoms. The van der Waals surface area contributed by atoms with Crippen molar-refractivity contribution in [3.05, 3.63) is 228 Å². The molecule has 0 radical (unpaired) electrons. The summed E-state index contributed by atoms with van der Waals surface area (Å²) < 4.78 is 0. The van der Waals surface area contributed by atoms with Crippen LogP contribution in [0.25, 0.3) is 71.6 Å². The highest BCUT2D eigenvalue weighted by molar-refractivity contribution is 6.99. The van der Waals surface area contributed by atoms with Crippen molar-refractivity contribution in [1.29, 1.82) is 0 Å². The van der Waals surface area contributed by atoms with E-state index < -0.39 is 8.07 Å². The van der Waals surface area contributed by atoms with E-state index in [4.69, 9.17) is 0 Å². The summed E-state index contributed by atoms with van der Waals surface area (Å²) in [7, 11) is -2.07. The van der Waals surface area contributed by atoms with Gasteiger partial charge in [-0.25, -0.2) is 0 Å². The van der Waals surface area contributed by atoms with Gasteiger partial charge >= 0.3 is 0 Å². The Labute approximate surface area is 349 Å². The van der Waals surface area contributed by atoms with Crippen LogP contribution in [-0.2, 0) is 0 Å². The van der Waals surface area contributed by atoms with Gasteiger partial charge in [-0.2, -0.15) is 0 Å². The monoisotopic (exact) mass is 770 g/mol. The van der Waals surface area contributed by atoms with Gasteiger partial charge in [-0.1, -0.05) is 212 Å². The molecule has 0 saturated heterocycles. The molecule has 1 unspecified atom stereocenters. The standard InChI is InChI=1S/C58H46Si/c1-59(2)55-36-46(48-23-13-12-22-47(48)43-20-10-5-11-21-43)34-35-49(55)52-37-53-54(38-56(52)59)58(45-32-28-42(29-33-45)40-18-8-4-9-19-40)51-25-15-14-24-50(51)57(53)44-30-26-41(27-31-44)39-16-6-3-7-17-39/h3-32,36-38,45H,33-35H2,1-2H3. The third-order valence-corrected chi connectivity index (χ3v) is 16.9. The van der Waals surface area contributed by atoms with Crippen molar-refractivity contribution in [2.75, 3.05) is 0 Å². The van der Waals surface area contributed by atoms with Gasteiger partial charge < -0.3 is 0 Å². The maximum atomic E-state index is 2.68. The van der Waals surface area contributed by atoms with Crippen molar-refractivity contribution in [2.24, 2.45) is 0 Å². The molecule has 8 aromatic rings. The van der Waals surface area contributed by atoms with E-state index >= 15 is 0 Å². The third-order valence-electron chi connectivity index (χ3n) is 13.4. The lowest BCUT2D eigenvalue weighted by atomic mass is 9.79.